The van der Waals surface area contributed by atoms with Crippen molar-refractivity contribution in [2.75, 3.05) is 25.5 Å². The fraction of sp³-hybridized carbons (Fsp3) is 0.789. The molecule has 1 amide bonds. The van der Waals surface area contributed by atoms with Crippen LogP contribution in [-0.4, -0.2) is 59.0 Å². The number of nitrogens with zero attached hydrogens (tertiary/aromatic N) is 3. The quantitative estimate of drug-likeness (QED) is 0.896. The molecule has 4 rings (SSSR count). The molecule has 2 bridgehead atoms. The first kappa shape index (κ1) is 17.3. The Morgan fingerprint density at radius 3 is 2.80 bits per heavy atom. The number of thiazole rings is 1. The van der Waals surface area contributed by atoms with Crippen molar-refractivity contribution in [3.05, 3.63) is 10.6 Å². The molecule has 6 heteroatoms. The SMILES string of the molecule is CCNc1nc(C)c(C(=O)N2[C@@H]3CN(C)[C@@H]4CCCC[C@H]2[C@]4(C)C3)s1. The van der Waals surface area contributed by atoms with E-state index in [1.165, 1.54) is 30.6 Å². The van der Waals surface area contributed by atoms with E-state index in [1.807, 2.05) is 6.92 Å². The number of amides is 1. The molecule has 4 atom stereocenters. The summed E-state index contributed by atoms with van der Waals surface area (Å²) >= 11 is 1.52. The second-order valence-corrected chi connectivity index (χ2v) is 9.29. The van der Waals surface area contributed by atoms with Crippen molar-refractivity contribution in [2.24, 2.45) is 5.41 Å². The highest BCUT2D eigenvalue weighted by Gasteiger charge is 2.59. The summed E-state index contributed by atoms with van der Waals surface area (Å²) in [7, 11) is 2.26. The van der Waals surface area contributed by atoms with Gasteiger partial charge in [0.05, 0.1) is 5.69 Å². The number of likely N-dealkylation sites (N-methyl/N-ethyl adjacent to an activating group) is 1. The van der Waals surface area contributed by atoms with Gasteiger partial charge in [0, 0.05) is 36.6 Å². The van der Waals surface area contributed by atoms with Crippen LogP contribution in [0.2, 0.25) is 0 Å². The Kier molecular flexibility index (Phi) is 4.31. The van der Waals surface area contributed by atoms with Crippen LogP contribution in [0.3, 0.4) is 0 Å². The number of hydrogen-bond acceptors (Lipinski definition) is 5. The number of fused-ring (bicyclic) bond motifs is 1. The van der Waals surface area contributed by atoms with Gasteiger partial charge in [-0.1, -0.05) is 31.1 Å². The molecule has 1 saturated carbocycles. The molecule has 3 heterocycles. The maximum absolute atomic E-state index is 13.5. The summed E-state index contributed by atoms with van der Waals surface area (Å²) in [6, 6.07) is 1.35. The van der Waals surface area contributed by atoms with Crippen LogP contribution < -0.4 is 5.32 Å². The van der Waals surface area contributed by atoms with E-state index < -0.39 is 0 Å². The van der Waals surface area contributed by atoms with Crippen LogP contribution in [0.15, 0.2) is 0 Å². The number of piperidine rings is 1. The molecule has 1 aromatic heterocycles. The molecule has 1 aliphatic carbocycles. The van der Waals surface area contributed by atoms with Gasteiger partial charge in [-0.25, -0.2) is 4.98 Å². The minimum atomic E-state index is 0.217. The van der Waals surface area contributed by atoms with Crippen molar-refractivity contribution in [3.8, 4) is 0 Å². The third-order valence-corrected chi connectivity index (χ3v) is 7.82. The predicted molar refractivity (Wildman–Crippen MR) is 102 cm³/mol. The fourth-order valence-corrected chi connectivity index (χ4v) is 6.71. The van der Waals surface area contributed by atoms with Gasteiger partial charge in [0.15, 0.2) is 5.13 Å². The molecule has 138 valence electrons. The number of rotatable bonds is 3. The van der Waals surface area contributed by atoms with Crippen molar-refractivity contribution < 1.29 is 4.79 Å². The van der Waals surface area contributed by atoms with Crippen molar-refractivity contribution in [1.29, 1.82) is 0 Å². The lowest BCUT2D eigenvalue weighted by atomic mass is 9.71. The average Bonchev–Trinajstić information content (AvgIpc) is 2.96. The predicted octanol–water partition coefficient (Wildman–Crippen LogP) is 3.36. The summed E-state index contributed by atoms with van der Waals surface area (Å²) < 4.78 is 0. The standard InChI is InChI=1S/C19H30N4OS/c1-5-20-18-21-12(2)16(25-18)17(24)23-13-10-19(3)14(22(4)11-13)8-6-7-9-15(19)23/h13-15H,5-11H2,1-4H3,(H,20,21)/t13-,14+,15-,19+/m0/s1. The van der Waals surface area contributed by atoms with E-state index in [1.54, 1.807) is 0 Å². The Balaban J connectivity index is 1.69. The monoisotopic (exact) mass is 362 g/mol. The summed E-state index contributed by atoms with van der Waals surface area (Å²) in [5.74, 6) is 0.217. The van der Waals surface area contributed by atoms with Crippen LogP contribution in [0.5, 0.6) is 0 Å². The third-order valence-electron chi connectivity index (χ3n) is 6.72. The second-order valence-electron chi connectivity index (χ2n) is 8.30. The normalized spacial score (nSPS) is 34.9. The number of nitrogens with one attached hydrogen (secondary N) is 1. The van der Waals surface area contributed by atoms with Gasteiger partial charge in [0.2, 0.25) is 0 Å². The summed E-state index contributed by atoms with van der Waals surface area (Å²) in [5, 5.41) is 4.13. The minimum absolute atomic E-state index is 0.217. The summed E-state index contributed by atoms with van der Waals surface area (Å²) in [5.41, 5.74) is 1.11. The zero-order chi connectivity index (χ0) is 17.8. The Morgan fingerprint density at radius 1 is 1.36 bits per heavy atom. The third kappa shape index (κ3) is 2.60. The molecule has 0 unspecified atom stereocenters. The van der Waals surface area contributed by atoms with E-state index in [2.05, 4.69) is 41.0 Å². The van der Waals surface area contributed by atoms with Crippen LogP contribution in [0.1, 0.15) is 61.3 Å². The van der Waals surface area contributed by atoms with Crippen LogP contribution in [-0.2, 0) is 0 Å². The van der Waals surface area contributed by atoms with E-state index in [0.717, 1.165) is 41.6 Å². The van der Waals surface area contributed by atoms with Gasteiger partial charge in [-0.2, -0.15) is 0 Å². The van der Waals surface area contributed by atoms with E-state index in [-0.39, 0.29) is 11.3 Å². The minimum Gasteiger partial charge on any atom is -0.362 e. The zero-order valence-corrected chi connectivity index (χ0v) is 16.7. The van der Waals surface area contributed by atoms with Gasteiger partial charge in [-0.15, -0.1) is 0 Å². The van der Waals surface area contributed by atoms with Crippen LogP contribution >= 0.6 is 11.3 Å². The second kappa shape index (κ2) is 6.23. The highest BCUT2D eigenvalue weighted by Crippen LogP contribution is 2.53. The lowest BCUT2D eigenvalue weighted by Crippen LogP contribution is -2.51. The molecule has 2 saturated heterocycles. The summed E-state index contributed by atoms with van der Waals surface area (Å²) in [4.78, 5) is 23.7. The highest BCUT2D eigenvalue weighted by molar-refractivity contribution is 7.17. The lowest BCUT2D eigenvalue weighted by molar-refractivity contribution is 0.0578. The Labute approximate surface area is 154 Å². The largest absolute Gasteiger partial charge is 0.362 e. The molecule has 25 heavy (non-hydrogen) atoms. The molecule has 1 aromatic rings. The Hall–Kier alpha value is -1.14. The topological polar surface area (TPSA) is 48.5 Å². The summed E-state index contributed by atoms with van der Waals surface area (Å²) in [6.45, 7) is 8.31. The van der Waals surface area contributed by atoms with Crippen LogP contribution in [0.4, 0.5) is 5.13 Å². The number of likely N-dealkylation sites (tertiary alicyclic amines) is 2. The first-order valence-corrected chi connectivity index (χ1v) is 10.5. The molecular formula is C19H30N4OS. The van der Waals surface area contributed by atoms with Crippen LogP contribution in [0, 0.1) is 12.3 Å². The molecule has 0 radical (unpaired) electrons. The Morgan fingerprint density at radius 2 is 2.08 bits per heavy atom. The van der Waals surface area contributed by atoms with Crippen molar-refractivity contribution >= 4 is 22.4 Å². The number of carbonyl (C=O) groups is 1. The molecule has 3 aliphatic rings. The van der Waals surface area contributed by atoms with Gasteiger partial charge < -0.3 is 15.1 Å². The van der Waals surface area contributed by atoms with E-state index >= 15 is 0 Å². The van der Waals surface area contributed by atoms with E-state index in [4.69, 9.17) is 0 Å². The molecular weight excluding hydrogens is 332 g/mol. The van der Waals surface area contributed by atoms with Crippen molar-refractivity contribution in [3.63, 3.8) is 0 Å². The molecule has 2 aliphatic heterocycles. The maximum Gasteiger partial charge on any atom is 0.266 e. The number of carbonyl (C=O) groups excluding carboxylic acids is 1. The van der Waals surface area contributed by atoms with Crippen molar-refractivity contribution in [1.82, 2.24) is 14.8 Å². The Bertz CT molecular complexity index is 674. The number of aromatic nitrogens is 1. The summed E-state index contributed by atoms with van der Waals surface area (Å²) in [6.07, 6.45) is 6.13. The lowest BCUT2D eigenvalue weighted by Gasteiger charge is -2.44. The highest BCUT2D eigenvalue weighted by atomic mass is 32.1. The fourth-order valence-electron chi connectivity index (χ4n) is 5.73. The van der Waals surface area contributed by atoms with E-state index in [9.17, 15) is 4.79 Å². The molecule has 5 nitrogen and oxygen atoms in total. The van der Waals surface area contributed by atoms with Gasteiger partial charge >= 0.3 is 0 Å². The van der Waals surface area contributed by atoms with Gasteiger partial charge in [0.1, 0.15) is 4.88 Å². The molecule has 3 fully saturated rings. The first-order valence-electron chi connectivity index (χ1n) is 9.70. The number of aryl methyl sites for hydroxylation is 1. The number of hydrogen-bond donors (Lipinski definition) is 1. The molecule has 0 aromatic carbocycles. The van der Waals surface area contributed by atoms with E-state index in [0.29, 0.717) is 18.1 Å². The average molecular weight is 363 g/mol. The molecule has 0 spiro atoms. The maximum atomic E-state index is 13.5. The smallest absolute Gasteiger partial charge is 0.266 e. The van der Waals surface area contributed by atoms with Gasteiger partial charge in [-0.05, 0) is 40.2 Å². The molecule has 1 N–H and O–H groups in total. The van der Waals surface area contributed by atoms with Gasteiger partial charge in [0.25, 0.3) is 5.91 Å². The van der Waals surface area contributed by atoms with Gasteiger partial charge in [-0.3, -0.25) is 4.79 Å². The zero-order valence-electron chi connectivity index (χ0n) is 15.8. The van der Waals surface area contributed by atoms with Crippen molar-refractivity contribution in [2.45, 2.75) is 71.0 Å². The van der Waals surface area contributed by atoms with Crippen LogP contribution in [0.25, 0.3) is 0 Å². The number of anilines is 1. The first-order chi connectivity index (χ1) is 12.0.